The van der Waals surface area contributed by atoms with Crippen LogP contribution in [-0.4, -0.2) is 19.2 Å². The monoisotopic (exact) mass is 344 g/mol. The van der Waals surface area contributed by atoms with Crippen LogP contribution in [0.3, 0.4) is 0 Å². The molecule has 3 nitrogen and oxygen atoms in total. The lowest BCUT2D eigenvalue weighted by Gasteiger charge is -2.18. The van der Waals surface area contributed by atoms with Gasteiger partial charge in [0.25, 0.3) is 0 Å². The van der Waals surface area contributed by atoms with Crippen molar-refractivity contribution in [1.29, 1.82) is 0 Å². The molecule has 0 aliphatic heterocycles. The summed E-state index contributed by atoms with van der Waals surface area (Å²) in [5, 5.41) is 2.49. The molecular weight excluding hydrogens is 319 g/mol. The molecule has 2 aromatic rings. The van der Waals surface area contributed by atoms with Crippen molar-refractivity contribution >= 4 is 24.7 Å². The molecule has 128 valence electrons. The lowest BCUT2D eigenvalue weighted by Crippen LogP contribution is -2.14. The Morgan fingerprint density at radius 3 is 1.79 bits per heavy atom. The summed E-state index contributed by atoms with van der Waals surface area (Å²) < 4.78 is 11.2. The van der Waals surface area contributed by atoms with E-state index < -0.39 is 8.15 Å². The molecule has 0 aliphatic carbocycles. The van der Waals surface area contributed by atoms with E-state index in [9.17, 15) is 4.79 Å². The third-order valence-corrected chi connectivity index (χ3v) is 5.52. The summed E-state index contributed by atoms with van der Waals surface area (Å²) in [5.41, 5.74) is 0. The fourth-order valence-corrected chi connectivity index (χ4v) is 4.15. The standard InChI is InChI=1S/C20H25O3P/c1-18(21)22-16-10-2-3-11-17-23-24(19-12-6-4-7-13-19)20-14-8-5-9-15-20/h4-9,12-15H,2-3,10-11,16-17H2,1H3. The van der Waals surface area contributed by atoms with Crippen molar-refractivity contribution in [2.45, 2.75) is 32.6 Å². The first-order valence-corrected chi connectivity index (χ1v) is 9.70. The average Bonchev–Trinajstić information content (AvgIpc) is 2.62. The molecular formula is C20H25O3P. The first kappa shape index (κ1) is 18.6. The summed E-state index contributed by atoms with van der Waals surface area (Å²) in [4.78, 5) is 10.7. The number of hydrogen-bond donors (Lipinski definition) is 0. The van der Waals surface area contributed by atoms with Gasteiger partial charge < -0.3 is 9.26 Å². The number of carbonyl (C=O) groups is 1. The van der Waals surface area contributed by atoms with Crippen LogP contribution in [0.2, 0.25) is 0 Å². The van der Waals surface area contributed by atoms with E-state index in [1.807, 2.05) is 12.1 Å². The molecule has 0 amide bonds. The SMILES string of the molecule is CC(=O)OCCCCCCOP(c1ccccc1)c1ccccc1. The van der Waals surface area contributed by atoms with Gasteiger partial charge in [0.2, 0.25) is 0 Å². The summed E-state index contributed by atoms with van der Waals surface area (Å²) in [6.45, 7) is 2.73. The highest BCUT2D eigenvalue weighted by molar-refractivity contribution is 7.68. The van der Waals surface area contributed by atoms with Crippen molar-refractivity contribution in [3.05, 3.63) is 60.7 Å². The van der Waals surface area contributed by atoms with Crippen LogP contribution in [-0.2, 0) is 14.1 Å². The Bertz CT molecular complexity index is 547. The summed E-state index contributed by atoms with van der Waals surface area (Å²) >= 11 is 0. The van der Waals surface area contributed by atoms with Gasteiger partial charge in [0, 0.05) is 17.5 Å². The summed E-state index contributed by atoms with van der Waals surface area (Å²) in [6.07, 6.45) is 4.10. The Kier molecular flexibility index (Phi) is 8.51. The average molecular weight is 344 g/mol. The Labute approximate surface area is 145 Å². The van der Waals surface area contributed by atoms with E-state index >= 15 is 0 Å². The molecule has 0 saturated carbocycles. The maximum absolute atomic E-state index is 10.7. The largest absolute Gasteiger partial charge is 0.466 e. The second kappa shape index (κ2) is 11.0. The van der Waals surface area contributed by atoms with Crippen LogP contribution in [0.5, 0.6) is 0 Å². The fourth-order valence-electron chi connectivity index (χ4n) is 2.35. The number of unbranched alkanes of at least 4 members (excludes halogenated alkanes) is 3. The zero-order valence-electron chi connectivity index (χ0n) is 14.2. The van der Waals surface area contributed by atoms with E-state index in [0.29, 0.717) is 6.61 Å². The Morgan fingerprint density at radius 1 is 0.792 bits per heavy atom. The molecule has 0 radical (unpaired) electrons. The van der Waals surface area contributed by atoms with Crippen molar-refractivity contribution in [3.63, 3.8) is 0 Å². The molecule has 0 saturated heterocycles. The second-order valence-electron chi connectivity index (χ2n) is 5.55. The van der Waals surface area contributed by atoms with Gasteiger partial charge in [0.05, 0.1) is 21.4 Å². The van der Waals surface area contributed by atoms with Crippen molar-refractivity contribution in [3.8, 4) is 0 Å². The van der Waals surface area contributed by atoms with Crippen molar-refractivity contribution < 1.29 is 14.1 Å². The van der Waals surface area contributed by atoms with Gasteiger partial charge >= 0.3 is 5.97 Å². The predicted molar refractivity (Wildman–Crippen MR) is 100 cm³/mol. The Hall–Kier alpha value is -1.70. The molecule has 0 bridgehead atoms. The van der Waals surface area contributed by atoms with Crippen LogP contribution in [0.15, 0.2) is 60.7 Å². The quantitative estimate of drug-likeness (QED) is 0.369. The molecule has 0 aliphatic rings. The minimum Gasteiger partial charge on any atom is -0.466 e. The maximum Gasteiger partial charge on any atom is 0.302 e. The zero-order valence-corrected chi connectivity index (χ0v) is 15.1. The minimum absolute atomic E-state index is 0.199. The van der Waals surface area contributed by atoms with E-state index in [1.54, 1.807) is 0 Å². The summed E-state index contributed by atoms with van der Waals surface area (Å²) in [7, 11) is -0.756. The van der Waals surface area contributed by atoms with Gasteiger partial charge in [0.15, 0.2) is 0 Å². The molecule has 2 rings (SSSR count). The van der Waals surface area contributed by atoms with E-state index in [0.717, 1.165) is 32.3 Å². The van der Waals surface area contributed by atoms with Gasteiger partial charge in [-0.05, 0) is 19.3 Å². The van der Waals surface area contributed by atoms with Crippen LogP contribution in [0.4, 0.5) is 0 Å². The molecule has 0 aromatic heterocycles. The van der Waals surface area contributed by atoms with Crippen LogP contribution in [0, 0.1) is 0 Å². The molecule has 0 unspecified atom stereocenters. The zero-order chi connectivity index (χ0) is 17.0. The number of hydrogen-bond acceptors (Lipinski definition) is 3. The van der Waals surface area contributed by atoms with Crippen LogP contribution in [0.25, 0.3) is 0 Å². The maximum atomic E-state index is 10.7. The van der Waals surface area contributed by atoms with Crippen molar-refractivity contribution in [1.82, 2.24) is 0 Å². The number of rotatable bonds is 10. The summed E-state index contributed by atoms with van der Waals surface area (Å²) in [5.74, 6) is -0.199. The molecule has 0 fully saturated rings. The predicted octanol–water partition coefficient (Wildman–Crippen LogP) is 4.17. The second-order valence-corrected chi connectivity index (χ2v) is 7.43. The first-order chi connectivity index (χ1) is 11.8. The molecule has 0 heterocycles. The molecule has 0 N–H and O–H groups in total. The highest BCUT2D eigenvalue weighted by Crippen LogP contribution is 2.34. The number of ether oxygens (including phenoxy) is 1. The smallest absolute Gasteiger partial charge is 0.302 e. The van der Waals surface area contributed by atoms with Gasteiger partial charge in [-0.15, -0.1) is 0 Å². The van der Waals surface area contributed by atoms with Crippen LogP contribution < -0.4 is 10.6 Å². The van der Waals surface area contributed by atoms with Gasteiger partial charge in [-0.1, -0.05) is 67.1 Å². The molecule has 4 heteroatoms. The van der Waals surface area contributed by atoms with E-state index in [-0.39, 0.29) is 5.97 Å². The van der Waals surface area contributed by atoms with Gasteiger partial charge in [0.1, 0.15) is 0 Å². The fraction of sp³-hybridized carbons (Fsp3) is 0.350. The number of benzene rings is 2. The first-order valence-electron chi connectivity index (χ1n) is 8.44. The van der Waals surface area contributed by atoms with Crippen LogP contribution >= 0.6 is 8.15 Å². The lowest BCUT2D eigenvalue weighted by atomic mass is 10.2. The summed E-state index contributed by atoms with van der Waals surface area (Å²) in [6, 6.07) is 20.9. The third-order valence-electron chi connectivity index (χ3n) is 3.55. The number of carbonyl (C=O) groups excluding carboxylic acids is 1. The van der Waals surface area contributed by atoms with E-state index in [4.69, 9.17) is 9.26 Å². The highest BCUT2D eigenvalue weighted by atomic mass is 31.1. The Morgan fingerprint density at radius 2 is 1.29 bits per heavy atom. The van der Waals surface area contributed by atoms with Gasteiger partial charge in [-0.3, -0.25) is 4.79 Å². The van der Waals surface area contributed by atoms with Crippen molar-refractivity contribution in [2.75, 3.05) is 13.2 Å². The van der Waals surface area contributed by atoms with Crippen LogP contribution in [0.1, 0.15) is 32.6 Å². The Balaban J connectivity index is 1.77. The van der Waals surface area contributed by atoms with Crippen molar-refractivity contribution in [2.24, 2.45) is 0 Å². The van der Waals surface area contributed by atoms with Gasteiger partial charge in [-0.25, -0.2) is 0 Å². The van der Waals surface area contributed by atoms with Gasteiger partial charge in [-0.2, -0.15) is 0 Å². The molecule has 24 heavy (non-hydrogen) atoms. The molecule has 0 atom stereocenters. The molecule has 0 spiro atoms. The van der Waals surface area contributed by atoms with E-state index in [1.165, 1.54) is 17.5 Å². The number of esters is 1. The lowest BCUT2D eigenvalue weighted by molar-refractivity contribution is -0.141. The van der Waals surface area contributed by atoms with E-state index in [2.05, 4.69) is 48.5 Å². The highest BCUT2D eigenvalue weighted by Gasteiger charge is 2.14. The third kappa shape index (κ3) is 6.82. The molecule has 2 aromatic carbocycles. The normalized spacial score (nSPS) is 10.8. The topological polar surface area (TPSA) is 35.5 Å². The minimum atomic E-state index is -0.756.